The molecule has 0 aromatic heterocycles. The second-order valence-corrected chi connectivity index (χ2v) is 6.63. The smallest absolute Gasteiger partial charge is 0.240 e. The molecular formula is C21H33FN2O. The van der Waals surface area contributed by atoms with Crippen LogP contribution in [0.4, 0.5) is 4.39 Å². The second-order valence-electron chi connectivity index (χ2n) is 6.63. The predicted octanol–water partition coefficient (Wildman–Crippen LogP) is 5.98. The van der Waals surface area contributed by atoms with Crippen molar-refractivity contribution in [3.63, 3.8) is 0 Å². The van der Waals surface area contributed by atoms with Gasteiger partial charge in [0.2, 0.25) is 5.91 Å². The highest BCUT2D eigenvalue weighted by Crippen LogP contribution is 2.11. The van der Waals surface area contributed by atoms with E-state index in [0.29, 0.717) is 6.42 Å². The Labute approximate surface area is 152 Å². The Bertz CT molecular complexity index is 485. The lowest BCUT2D eigenvalue weighted by molar-refractivity contribution is -0.121. The van der Waals surface area contributed by atoms with Gasteiger partial charge < -0.3 is 0 Å². The summed E-state index contributed by atoms with van der Waals surface area (Å²) < 4.78 is 12.8. The average Bonchev–Trinajstić information content (AvgIpc) is 2.61. The molecule has 0 unspecified atom stereocenters. The summed E-state index contributed by atoms with van der Waals surface area (Å²) in [6.45, 7) is 2.25. The molecule has 0 saturated carbocycles. The molecule has 0 saturated heterocycles. The maximum atomic E-state index is 12.8. The zero-order valence-electron chi connectivity index (χ0n) is 15.6. The molecule has 0 spiro atoms. The molecule has 0 atom stereocenters. The first-order valence-electron chi connectivity index (χ1n) is 9.80. The third-order valence-electron chi connectivity index (χ3n) is 4.28. The molecule has 4 heteroatoms. The number of nitrogens with one attached hydrogen (secondary N) is 1. The van der Waals surface area contributed by atoms with E-state index < -0.39 is 0 Å². The molecule has 1 aromatic carbocycles. The number of carbonyl (C=O) groups excluding carboxylic acids is 1. The van der Waals surface area contributed by atoms with E-state index >= 15 is 0 Å². The molecule has 0 aliphatic rings. The van der Waals surface area contributed by atoms with Gasteiger partial charge in [0.15, 0.2) is 0 Å². The molecule has 3 nitrogen and oxygen atoms in total. The normalized spacial score (nSPS) is 11.1. The molecule has 25 heavy (non-hydrogen) atoms. The van der Waals surface area contributed by atoms with Crippen molar-refractivity contribution in [2.24, 2.45) is 5.10 Å². The van der Waals surface area contributed by atoms with Crippen LogP contribution in [0.5, 0.6) is 0 Å². The van der Waals surface area contributed by atoms with Crippen LogP contribution in [-0.2, 0) is 4.79 Å². The van der Waals surface area contributed by atoms with Crippen molar-refractivity contribution >= 4 is 12.1 Å². The summed E-state index contributed by atoms with van der Waals surface area (Å²) in [5.74, 6) is -0.341. The van der Waals surface area contributed by atoms with E-state index in [1.807, 2.05) is 0 Å². The molecule has 140 valence electrons. The molecule has 1 aromatic rings. The first-order valence-corrected chi connectivity index (χ1v) is 9.80. The highest BCUT2D eigenvalue weighted by molar-refractivity contribution is 5.82. The van der Waals surface area contributed by atoms with Gasteiger partial charge in [-0.1, -0.05) is 83.3 Å². The number of halogens is 1. The first-order chi connectivity index (χ1) is 12.2. The molecular weight excluding hydrogens is 315 g/mol. The van der Waals surface area contributed by atoms with Crippen molar-refractivity contribution < 1.29 is 9.18 Å². The monoisotopic (exact) mass is 348 g/mol. The van der Waals surface area contributed by atoms with Gasteiger partial charge in [-0.3, -0.25) is 4.79 Å². The quantitative estimate of drug-likeness (QED) is 0.251. The number of hydrogen-bond donors (Lipinski definition) is 1. The maximum Gasteiger partial charge on any atom is 0.240 e. The fourth-order valence-electron chi connectivity index (χ4n) is 2.73. The van der Waals surface area contributed by atoms with Crippen molar-refractivity contribution in [3.05, 3.63) is 35.6 Å². The van der Waals surface area contributed by atoms with Gasteiger partial charge >= 0.3 is 0 Å². The largest absolute Gasteiger partial charge is 0.273 e. The Balaban J connectivity index is 1.92. The molecule has 0 radical (unpaired) electrons. The van der Waals surface area contributed by atoms with Gasteiger partial charge in [-0.15, -0.1) is 0 Å². The minimum absolute atomic E-state index is 0.0608. The molecule has 0 fully saturated rings. The molecule has 0 aliphatic heterocycles. The van der Waals surface area contributed by atoms with Crippen LogP contribution in [0.2, 0.25) is 0 Å². The number of rotatable bonds is 14. The lowest BCUT2D eigenvalue weighted by Gasteiger charge is -2.02. The first kappa shape index (κ1) is 21.3. The highest BCUT2D eigenvalue weighted by atomic mass is 19.1. The molecule has 1 N–H and O–H groups in total. The SMILES string of the molecule is CCCCCCCCCCCCCC(=O)N/N=C\c1ccc(F)cc1. The van der Waals surface area contributed by atoms with E-state index in [2.05, 4.69) is 17.5 Å². The number of hydrogen-bond acceptors (Lipinski definition) is 2. The lowest BCUT2D eigenvalue weighted by Crippen LogP contribution is -2.16. The minimum atomic E-state index is -0.280. The second kappa shape index (κ2) is 14.6. The predicted molar refractivity (Wildman–Crippen MR) is 103 cm³/mol. The van der Waals surface area contributed by atoms with Crippen molar-refractivity contribution in [2.75, 3.05) is 0 Å². The summed E-state index contributed by atoms with van der Waals surface area (Å²) in [6.07, 6.45) is 16.0. The topological polar surface area (TPSA) is 41.5 Å². The third kappa shape index (κ3) is 12.3. The van der Waals surface area contributed by atoms with Crippen molar-refractivity contribution in [3.8, 4) is 0 Å². The van der Waals surface area contributed by atoms with Gasteiger partial charge in [-0.05, 0) is 24.1 Å². The van der Waals surface area contributed by atoms with E-state index in [0.717, 1.165) is 18.4 Å². The summed E-state index contributed by atoms with van der Waals surface area (Å²) >= 11 is 0. The number of carbonyl (C=O) groups is 1. The third-order valence-corrected chi connectivity index (χ3v) is 4.28. The summed E-state index contributed by atoms with van der Waals surface area (Å²) in [7, 11) is 0. The van der Waals surface area contributed by atoms with E-state index in [4.69, 9.17) is 0 Å². The van der Waals surface area contributed by atoms with Crippen LogP contribution in [0.3, 0.4) is 0 Å². The van der Waals surface area contributed by atoms with E-state index in [-0.39, 0.29) is 11.7 Å². The molecule has 0 heterocycles. The van der Waals surface area contributed by atoms with Gasteiger partial charge in [-0.2, -0.15) is 5.10 Å². The number of benzene rings is 1. The molecule has 0 bridgehead atoms. The van der Waals surface area contributed by atoms with Crippen LogP contribution in [-0.4, -0.2) is 12.1 Å². The van der Waals surface area contributed by atoms with E-state index in [1.54, 1.807) is 12.1 Å². The number of unbranched alkanes of at least 4 members (excludes halogenated alkanes) is 10. The lowest BCUT2D eigenvalue weighted by atomic mass is 10.1. The van der Waals surface area contributed by atoms with Gasteiger partial charge in [0.05, 0.1) is 6.21 Å². The van der Waals surface area contributed by atoms with Crippen molar-refractivity contribution in [1.29, 1.82) is 0 Å². The summed E-state index contributed by atoms with van der Waals surface area (Å²) in [5, 5.41) is 3.89. The molecule has 1 amide bonds. The molecule has 1 rings (SSSR count). The van der Waals surface area contributed by atoms with E-state index in [9.17, 15) is 9.18 Å². The fraction of sp³-hybridized carbons (Fsp3) is 0.619. The zero-order valence-corrected chi connectivity index (χ0v) is 15.6. The number of nitrogens with zero attached hydrogens (tertiary/aromatic N) is 1. The van der Waals surface area contributed by atoms with Crippen LogP contribution in [0.25, 0.3) is 0 Å². The van der Waals surface area contributed by atoms with Crippen molar-refractivity contribution in [1.82, 2.24) is 5.43 Å². The minimum Gasteiger partial charge on any atom is -0.273 e. The highest BCUT2D eigenvalue weighted by Gasteiger charge is 1.99. The Kier molecular flexibility index (Phi) is 12.5. The Morgan fingerprint density at radius 3 is 2.00 bits per heavy atom. The average molecular weight is 349 g/mol. The fourth-order valence-corrected chi connectivity index (χ4v) is 2.73. The Morgan fingerprint density at radius 2 is 1.44 bits per heavy atom. The summed E-state index contributed by atoms with van der Waals surface area (Å²) in [5.41, 5.74) is 3.28. The Morgan fingerprint density at radius 1 is 0.920 bits per heavy atom. The zero-order chi connectivity index (χ0) is 18.2. The van der Waals surface area contributed by atoms with E-state index in [1.165, 1.54) is 76.1 Å². The van der Waals surface area contributed by atoms with Gasteiger partial charge in [0.1, 0.15) is 5.82 Å². The summed E-state index contributed by atoms with van der Waals surface area (Å²) in [4.78, 5) is 11.7. The standard InChI is InChI=1S/C21H33FN2O/c1-2-3-4-5-6-7-8-9-10-11-12-13-21(25)24-23-18-19-14-16-20(22)17-15-19/h14-18H,2-13H2,1H3,(H,24,25)/b23-18-. The van der Waals surface area contributed by atoms with Crippen LogP contribution in [0.1, 0.15) is 89.5 Å². The van der Waals surface area contributed by atoms with Gasteiger partial charge in [-0.25, -0.2) is 9.82 Å². The summed E-state index contributed by atoms with van der Waals surface area (Å²) in [6, 6.07) is 5.98. The van der Waals surface area contributed by atoms with Crippen molar-refractivity contribution in [2.45, 2.75) is 84.0 Å². The van der Waals surface area contributed by atoms with Crippen LogP contribution < -0.4 is 5.43 Å². The molecule has 0 aliphatic carbocycles. The maximum absolute atomic E-state index is 12.8. The van der Waals surface area contributed by atoms with Gasteiger partial charge in [0, 0.05) is 6.42 Å². The Hall–Kier alpha value is -1.71. The van der Waals surface area contributed by atoms with Crippen LogP contribution in [0, 0.1) is 5.82 Å². The number of hydrazone groups is 1. The van der Waals surface area contributed by atoms with Crippen LogP contribution >= 0.6 is 0 Å². The van der Waals surface area contributed by atoms with Gasteiger partial charge in [0.25, 0.3) is 0 Å². The number of amides is 1. The van der Waals surface area contributed by atoms with Crippen LogP contribution in [0.15, 0.2) is 29.4 Å².